The van der Waals surface area contributed by atoms with Crippen LogP contribution in [0.3, 0.4) is 0 Å². The maximum absolute atomic E-state index is 12.8. The Balaban J connectivity index is 1.83. The van der Waals surface area contributed by atoms with Gasteiger partial charge in [0, 0.05) is 17.6 Å². The van der Waals surface area contributed by atoms with Gasteiger partial charge < -0.3 is 10.1 Å². The molecule has 0 saturated heterocycles. The fraction of sp³-hybridized carbons (Fsp3) is 0.190. The molecule has 0 fully saturated rings. The second kappa shape index (κ2) is 9.15. The van der Waals surface area contributed by atoms with Gasteiger partial charge in [-0.25, -0.2) is 4.98 Å². The Morgan fingerprint density at radius 2 is 2.14 bits per heavy atom. The van der Waals surface area contributed by atoms with Crippen LogP contribution in [-0.4, -0.2) is 28.3 Å². The van der Waals surface area contributed by atoms with E-state index in [0.29, 0.717) is 39.1 Å². The van der Waals surface area contributed by atoms with Gasteiger partial charge in [-0.05, 0) is 30.7 Å². The number of para-hydroxylation sites is 1. The van der Waals surface area contributed by atoms with E-state index in [2.05, 4.69) is 16.9 Å². The van der Waals surface area contributed by atoms with Crippen molar-refractivity contribution in [1.82, 2.24) is 9.55 Å². The number of rotatable bonds is 7. The van der Waals surface area contributed by atoms with Gasteiger partial charge in [0.1, 0.15) is 5.75 Å². The Bertz CT molecular complexity index is 1140. The highest BCUT2D eigenvalue weighted by molar-refractivity contribution is 7.99. The number of fused-ring (bicyclic) bond motifs is 1. The molecule has 0 bridgehead atoms. The molecule has 0 radical (unpaired) electrons. The maximum Gasteiger partial charge on any atom is 0.262 e. The number of carbonyl (C=O) groups excluding carboxylic acids is 1. The SMILES string of the molecule is C=CCn1c(SCC(=O)Nc2cc(C)c(Cl)cc2OC)nc2ccccc2c1=O. The van der Waals surface area contributed by atoms with Crippen LogP contribution in [0.2, 0.25) is 5.02 Å². The normalized spacial score (nSPS) is 10.7. The number of ether oxygens (including phenoxy) is 1. The number of hydrogen-bond donors (Lipinski definition) is 1. The van der Waals surface area contributed by atoms with Crippen molar-refractivity contribution in [1.29, 1.82) is 0 Å². The van der Waals surface area contributed by atoms with Gasteiger partial charge in [0.15, 0.2) is 5.16 Å². The molecule has 0 unspecified atom stereocenters. The Kier molecular flexibility index (Phi) is 6.61. The highest BCUT2D eigenvalue weighted by Gasteiger charge is 2.14. The monoisotopic (exact) mass is 429 g/mol. The number of halogens is 1. The second-order valence-corrected chi connectivity index (χ2v) is 7.60. The van der Waals surface area contributed by atoms with Crippen molar-refractivity contribution in [3.8, 4) is 5.75 Å². The Labute approximate surface area is 177 Å². The molecule has 2 aromatic carbocycles. The third-order valence-corrected chi connectivity index (χ3v) is 5.61. The van der Waals surface area contributed by atoms with E-state index in [1.54, 1.807) is 36.4 Å². The number of thioether (sulfide) groups is 1. The van der Waals surface area contributed by atoms with E-state index in [0.717, 1.165) is 5.56 Å². The topological polar surface area (TPSA) is 73.2 Å². The lowest BCUT2D eigenvalue weighted by Gasteiger charge is -2.13. The third kappa shape index (κ3) is 4.63. The molecule has 0 aliphatic carbocycles. The molecule has 29 heavy (non-hydrogen) atoms. The number of nitrogens with one attached hydrogen (secondary N) is 1. The molecule has 1 aromatic heterocycles. The van der Waals surface area contributed by atoms with E-state index in [4.69, 9.17) is 16.3 Å². The number of nitrogens with zero attached hydrogens (tertiary/aromatic N) is 2. The minimum atomic E-state index is -0.248. The van der Waals surface area contributed by atoms with Crippen LogP contribution in [0.25, 0.3) is 10.9 Å². The predicted molar refractivity (Wildman–Crippen MR) is 118 cm³/mol. The largest absolute Gasteiger partial charge is 0.495 e. The first kappa shape index (κ1) is 21.0. The summed E-state index contributed by atoms with van der Waals surface area (Å²) in [6.07, 6.45) is 1.63. The van der Waals surface area contributed by atoms with Gasteiger partial charge >= 0.3 is 0 Å². The van der Waals surface area contributed by atoms with Crippen LogP contribution in [0.4, 0.5) is 5.69 Å². The number of aryl methyl sites for hydroxylation is 1. The lowest BCUT2D eigenvalue weighted by molar-refractivity contribution is -0.113. The lowest BCUT2D eigenvalue weighted by atomic mass is 10.2. The van der Waals surface area contributed by atoms with Crippen LogP contribution in [0.5, 0.6) is 5.75 Å². The summed E-state index contributed by atoms with van der Waals surface area (Å²) in [7, 11) is 1.51. The van der Waals surface area contributed by atoms with Crippen molar-refractivity contribution in [2.45, 2.75) is 18.6 Å². The number of amides is 1. The van der Waals surface area contributed by atoms with Crippen molar-refractivity contribution in [2.75, 3.05) is 18.2 Å². The van der Waals surface area contributed by atoms with Crippen LogP contribution >= 0.6 is 23.4 Å². The molecule has 1 N–H and O–H groups in total. The number of hydrogen-bond acceptors (Lipinski definition) is 5. The molecular formula is C21H20ClN3O3S. The number of methoxy groups -OCH3 is 1. The summed E-state index contributed by atoms with van der Waals surface area (Å²) >= 11 is 7.30. The third-order valence-electron chi connectivity index (χ3n) is 4.23. The van der Waals surface area contributed by atoms with Crippen molar-refractivity contribution in [3.05, 3.63) is 70.0 Å². The zero-order valence-corrected chi connectivity index (χ0v) is 17.6. The van der Waals surface area contributed by atoms with E-state index < -0.39 is 0 Å². The quantitative estimate of drug-likeness (QED) is 0.344. The minimum absolute atomic E-state index is 0.0761. The highest BCUT2D eigenvalue weighted by Crippen LogP contribution is 2.31. The summed E-state index contributed by atoms with van der Waals surface area (Å²) < 4.78 is 6.80. The molecule has 150 valence electrons. The van der Waals surface area contributed by atoms with E-state index in [1.165, 1.54) is 23.4 Å². The average Bonchev–Trinajstić information content (AvgIpc) is 2.71. The van der Waals surface area contributed by atoms with Crippen LogP contribution < -0.4 is 15.6 Å². The van der Waals surface area contributed by atoms with Crippen molar-refractivity contribution < 1.29 is 9.53 Å². The Morgan fingerprint density at radius 3 is 2.86 bits per heavy atom. The molecule has 0 atom stereocenters. The number of aromatic nitrogens is 2. The van der Waals surface area contributed by atoms with E-state index in [-0.39, 0.29) is 17.2 Å². The van der Waals surface area contributed by atoms with Gasteiger partial charge in [0.25, 0.3) is 5.56 Å². The molecule has 3 aromatic rings. The molecule has 3 rings (SSSR count). The molecule has 6 nitrogen and oxygen atoms in total. The number of carbonyl (C=O) groups is 1. The first-order valence-corrected chi connectivity index (χ1v) is 10.2. The maximum atomic E-state index is 12.8. The molecule has 0 spiro atoms. The molecule has 0 aliphatic heterocycles. The van der Waals surface area contributed by atoms with Gasteiger partial charge in [0.05, 0.1) is 29.5 Å². The standard InChI is InChI=1S/C21H20ClN3O3S/c1-4-9-25-20(27)14-7-5-6-8-16(14)24-21(25)29-12-19(26)23-17-10-13(2)15(22)11-18(17)28-3/h4-8,10-11H,1,9,12H2,2-3H3,(H,23,26). The molecular weight excluding hydrogens is 410 g/mol. The van der Waals surface area contributed by atoms with E-state index in [9.17, 15) is 9.59 Å². The smallest absolute Gasteiger partial charge is 0.262 e. The van der Waals surface area contributed by atoms with Gasteiger partial charge in [-0.2, -0.15) is 0 Å². The van der Waals surface area contributed by atoms with Crippen LogP contribution in [0.1, 0.15) is 5.56 Å². The summed E-state index contributed by atoms with van der Waals surface area (Å²) in [5.41, 5.74) is 1.80. The Morgan fingerprint density at radius 1 is 1.38 bits per heavy atom. The van der Waals surface area contributed by atoms with Crippen LogP contribution in [-0.2, 0) is 11.3 Å². The number of allylic oxidation sites excluding steroid dienone is 1. The fourth-order valence-electron chi connectivity index (χ4n) is 2.79. The van der Waals surface area contributed by atoms with Crippen LogP contribution in [0.15, 0.2) is 59.0 Å². The molecule has 1 amide bonds. The van der Waals surface area contributed by atoms with Crippen molar-refractivity contribution in [2.24, 2.45) is 0 Å². The minimum Gasteiger partial charge on any atom is -0.495 e. The predicted octanol–water partition coefficient (Wildman–Crippen LogP) is 4.28. The van der Waals surface area contributed by atoms with Crippen molar-refractivity contribution >= 4 is 45.9 Å². The zero-order valence-electron chi connectivity index (χ0n) is 16.1. The van der Waals surface area contributed by atoms with Crippen molar-refractivity contribution in [3.63, 3.8) is 0 Å². The number of anilines is 1. The summed E-state index contributed by atoms with van der Waals surface area (Å²) in [6.45, 7) is 5.86. The lowest BCUT2D eigenvalue weighted by Crippen LogP contribution is -2.23. The zero-order chi connectivity index (χ0) is 21.0. The summed E-state index contributed by atoms with van der Waals surface area (Å²) in [5, 5.41) is 4.38. The summed E-state index contributed by atoms with van der Waals surface area (Å²) in [4.78, 5) is 29.8. The van der Waals surface area contributed by atoms with Gasteiger partial charge in [-0.15, -0.1) is 6.58 Å². The summed E-state index contributed by atoms with van der Waals surface area (Å²) in [6, 6.07) is 10.5. The van der Waals surface area contributed by atoms with Gasteiger partial charge in [0.2, 0.25) is 5.91 Å². The summed E-state index contributed by atoms with van der Waals surface area (Å²) in [5.74, 6) is 0.307. The molecule has 8 heteroatoms. The first-order valence-electron chi connectivity index (χ1n) is 8.82. The average molecular weight is 430 g/mol. The van der Waals surface area contributed by atoms with Crippen LogP contribution in [0, 0.1) is 6.92 Å². The van der Waals surface area contributed by atoms with E-state index in [1.807, 2.05) is 13.0 Å². The van der Waals surface area contributed by atoms with E-state index >= 15 is 0 Å². The highest BCUT2D eigenvalue weighted by atomic mass is 35.5. The molecule has 0 aliphatic rings. The number of benzene rings is 2. The second-order valence-electron chi connectivity index (χ2n) is 6.25. The Hall–Kier alpha value is -2.77. The fourth-order valence-corrected chi connectivity index (χ4v) is 3.76. The van der Waals surface area contributed by atoms with Gasteiger partial charge in [-0.3, -0.25) is 14.2 Å². The molecule has 1 heterocycles. The van der Waals surface area contributed by atoms with Gasteiger partial charge in [-0.1, -0.05) is 41.6 Å². The first-order chi connectivity index (χ1) is 13.9. The molecule has 0 saturated carbocycles.